The molecule has 1 aromatic carbocycles. The Morgan fingerprint density at radius 2 is 2.00 bits per heavy atom. The number of nitro groups is 1. The summed E-state index contributed by atoms with van der Waals surface area (Å²) in [5.74, 6) is 0. The second-order valence-corrected chi connectivity index (χ2v) is 6.73. The Morgan fingerprint density at radius 3 is 2.67 bits per heavy atom. The van der Waals surface area contributed by atoms with E-state index in [0.717, 1.165) is 35.1 Å². The van der Waals surface area contributed by atoms with Crippen molar-refractivity contribution in [2.45, 2.75) is 6.18 Å². The zero-order valence-corrected chi connectivity index (χ0v) is 14.7. The zero-order valence-electron chi connectivity index (χ0n) is 13.9. The van der Waals surface area contributed by atoms with Gasteiger partial charge in [-0.25, -0.2) is 0 Å². The largest absolute Gasteiger partial charge is 0.416 e. The van der Waals surface area contributed by atoms with Crippen LogP contribution in [0.5, 0.6) is 0 Å². The lowest BCUT2D eigenvalue weighted by molar-refractivity contribution is -0.384. The molecule has 1 N–H and O–H groups in total. The van der Waals surface area contributed by atoms with Crippen LogP contribution in [0, 0.1) is 10.1 Å². The summed E-state index contributed by atoms with van der Waals surface area (Å²) >= 11 is 1.49. The molecule has 0 aliphatic carbocycles. The van der Waals surface area contributed by atoms with Crippen LogP contribution in [0.25, 0.3) is 0 Å². The molecule has 1 saturated heterocycles. The van der Waals surface area contributed by atoms with Crippen molar-refractivity contribution < 1.29 is 22.8 Å². The molecule has 1 aliphatic heterocycles. The number of nitrogens with zero attached hydrogens (tertiary/aromatic N) is 3. The van der Waals surface area contributed by atoms with Gasteiger partial charge in [0.2, 0.25) is 0 Å². The number of nitrogens with one attached hydrogen (secondary N) is 1. The molecule has 2 heterocycles. The predicted molar refractivity (Wildman–Crippen MR) is 96.7 cm³/mol. The molecule has 0 unspecified atom stereocenters. The summed E-state index contributed by atoms with van der Waals surface area (Å²) in [4.78, 5) is 13.1. The quantitative estimate of drug-likeness (QED) is 0.467. The van der Waals surface area contributed by atoms with Crippen molar-refractivity contribution in [3.63, 3.8) is 0 Å². The fourth-order valence-corrected chi connectivity index (χ4v) is 3.42. The van der Waals surface area contributed by atoms with Crippen LogP contribution >= 0.6 is 11.3 Å². The summed E-state index contributed by atoms with van der Waals surface area (Å²) in [6.45, 7) is 2.93. The number of hydrazone groups is 1. The highest BCUT2D eigenvalue weighted by molar-refractivity contribution is 7.17. The van der Waals surface area contributed by atoms with Gasteiger partial charge in [0, 0.05) is 24.0 Å². The number of morpholine rings is 1. The van der Waals surface area contributed by atoms with Gasteiger partial charge in [0.05, 0.1) is 34.9 Å². The highest BCUT2D eigenvalue weighted by Crippen LogP contribution is 2.35. The first kappa shape index (κ1) is 19.1. The molecule has 144 valence electrons. The van der Waals surface area contributed by atoms with E-state index in [2.05, 4.69) is 15.4 Å². The Morgan fingerprint density at radius 1 is 1.26 bits per heavy atom. The number of benzene rings is 1. The van der Waals surface area contributed by atoms with Crippen LogP contribution in [-0.4, -0.2) is 37.4 Å². The Labute approximate surface area is 156 Å². The van der Waals surface area contributed by atoms with Crippen molar-refractivity contribution in [2.24, 2.45) is 5.10 Å². The third-order valence-corrected chi connectivity index (χ3v) is 4.91. The van der Waals surface area contributed by atoms with Gasteiger partial charge >= 0.3 is 6.18 Å². The molecule has 0 saturated carbocycles. The van der Waals surface area contributed by atoms with Gasteiger partial charge in [0.1, 0.15) is 5.69 Å². The van der Waals surface area contributed by atoms with Gasteiger partial charge < -0.3 is 9.64 Å². The van der Waals surface area contributed by atoms with E-state index in [0.29, 0.717) is 19.3 Å². The number of ether oxygens (including phenoxy) is 1. The van der Waals surface area contributed by atoms with Crippen LogP contribution in [0.3, 0.4) is 0 Å². The first-order valence-corrected chi connectivity index (χ1v) is 8.73. The van der Waals surface area contributed by atoms with Gasteiger partial charge in [-0.3, -0.25) is 15.5 Å². The molecule has 0 atom stereocenters. The van der Waals surface area contributed by atoms with E-state index in [4.69, 9.17) is 4.74 Å². The van der Waals surface area contributed by atoms with Gasteiger partial charge in [0.25, 0.3) is 5.69 Å². The lowest BCUT2D eigenvalue weighted by Crippen LogP contribution is -2.35. The maximum absolute atomic E-state index is 12.7. The number of nitro benzene ring substituents is 1. The summed E-state index contributed by atoms with van der Waals surface area (Å²) in [5, 5.41) is 16.0. The van der Waals surface area contributed by atoms with Gasteiger partial charge in [0.15, 0.2) is 0 Å². The average molecular weight is 400 g/mol. The van der Waals surface area contributed by atoms with Gasteiger partial charge in [-0.15, -0.1) is 11.3 Å². The summed E-state index contributed by atoms with van der Waals surface area (Å²) in [6, 6.07) is 6.04. The van der Waals surface area contributed by atoms with Crippen molar-refractivity contribution in [3.05, 3.63) is 50.9 Å². The summed E-state index contributed by atoms with van der Waals surface area (Å²) in [7, 11) is 0. The summed E-state index contributed by atoms with van der Waals surface area (Å²) < 4.78 is 43.4. The van der Waals surface area contributed by atoms with Crippen molar-refractivity contribution in [2.75, 3.05) is 36.6 Å². The fourth-order valence-electron chi connectivity index (χ4n) is 2.48. The highest BCUT2D eigenvalue weighted by atomic mass is 32.1. The number of hydrogen-bond acceptors (Lipinski definition) is 7. The normalized spacial score (nSPS) is 15.3. The molecule has 11 heteroatoms. The van der Waals surface area contributed by atoms with E-state index in [1.165, 1.54) is 17.6 Å². The number of hydrogen-bond donors (Lipinski definition) is 1. The predicted octanol–water partition coefficient (Wildman–Crippen LogP) is 3.96. The van der Waals surface area contributed by atoms with E-state index in [-0.39, 0.29) is 5.69 Å². The molecule has 3 rings (SSSR count). The lowest BCUT2D eigenvalue weighted by atomic mass is 10.1. The van der Waals surface area contributed by atoms with E-state index in [9.17, 15) is 23.3 Å². The Kier molecular flexibility index (Phi) is 5.61. The second-order valence-electron chi connectivity index (χ2n) is 5.63. The van der Waals surface area contributed by atoms with Crippen molar-refractivity contribution in [3.8, 4) is 0 Å². The van der Waals surface area contributed by atoms with E-state index < -0.39 is 22.4 Å². The number of rotatable bonds is 5. The van der Waals surface area contributed by atoms with Crippen molar-refractivity contribution >= 4 is 33.9 Å². The molecular formula is C16H15F3N4O3S. The van der Waals surface area contributed by atoms with Gasteiger partial charge in [-0.2, -0.15) is 18.3 Å². The first-order valence-electron chi connectivity index (χ1n) is 7.92. The molecule has 0 radical (unpaired) electrons. The molecular weight excluding hydrogens is 385 g/mol. The SMILES string of the molecule is O=[N+]([O-])c1cc(C(F)(F)F)ccc1N/N=C/c1ccc(N2CCOCC2)s1. The Balaban J connectivity index is 1.71. The minimum absolute atomic E-state index is 0.116. The molecule has 7 nitrogen and oxygen atoms in total. The molecule has 1 fully saturated rings. The van der Waals surface area contributed by atoms with E-state index >= 15 is 0 Å². The molecule has 27 heavy (non-hydrogen) atoms. The third kappa shape index (κ3) is 4.74. The van der Waals surface area contributed by atoms with Crippen molar-refractivity contribution in [1.29, 1.82) is 0 Å². The smallest absolute Gasteiger partial charge is 0.378 e. The summed E-state index contributed by atoms with van der Waals surface area (Å²) in [5.41, 5.74) is 0.549. The maximum atomic E-state index is 12.7. The van der Waals surface area contributed by atoms with Crippen LogP contribution in [-0.2, 0) is 10.9 Å². The van der Waals surface area contributed by atoms with Crippen LogP contribution < -0.4 is 10.3 Å². The van der Waals surface area contributed by atoms with Crippen LogP contribution in [0.15, 0.2) is 35.4 Å². The number of alkyl halides is 3. The third-order valence-electron chi connectivity index (χ3n) is 3.83. The number of halogens is 3. The van der Waals surface area contributed by atoms with Crippen LogP contribution in [0.4, 0.5) is 29.5 Å². The Bertz CT molecular complexity index is 848. The van der Waals surface area contributed by atoms with Crippen molar-refractivity contribution in [1.82, 2.24) is 0 Å². The zero-order chi connectivity index (χ0) is 19.4. The first-order chi connectivity index (χ1) is 12.8. The molecule has 1 aromatic heterocycles. The van der Waals surface area contributed by atoms with E-state index in [1.807, 2.05) is 12.1 Å². The van der Waals surface area contributed by atoms with Crippen LogP contribution in [0.2, 0.25) is 0 Å². The molecule has 1 aliphatic rings. The second kappa shape index (κ2) is 7.92. The topological polar surface area (TPSA) is 80.0 Å². The molecule has 0 spiro atoms. The van der Waals surface area contributed by atoms with E-state index in [1.54, 1.807) is 0 Å². The van der Waals surface area contributed by atoms with Crippen LogP contribution in [0.1, 0.15) is 10.4 Å². The standard InChI is InChI=1S/C16H15F3N4O3S/c17-16(18,19)11-1-3-13(14(9-11)23(24)25)21-20-10-12-2-4-15(27-12)22-5-7-26-8-6-22/h1-4,9-10,21H,5-8H2/b20-10+. The molecule has 0 bridgehead atoms. The summed E-state index contributed by atoms with van der Waals surface area (Å²) in [6.07, 6.45) is -3.19. The molecule has 2 aromatic rings. The highest BCUT2D eigenvalue weighted by Gasteiger charge is 2.33. The molecule has 0 amide bonds. The van der Waals surface area contributed by atoms with Gasteiger partial charge in [-0.1, -0.05) is 0 Å². The number of anilines is 2. The average Bonchev–Trinajstić information content (AvgIpc) is 3.10. The lowest BCUT2D eigenvalue weighted by Gasteiger charge is -2.27. The minimum atomic E-state index is -4.65. The number of thiophene rings is 1. The minimum Gasteiger partial charge on any atom is -0.378 e. The monoisotopic (exact) mass is 400 g/mol. The Hall–Kier alpha value is -2.66. The maximum Gasteiger partial charge on any atom is 0.416 e. The van der Waals surface area contributed by atoms with Gasteiger partial charge in [-0.05, 0) is 24.3 Å². The fraction of sp³-hybridized carbons (Fsp3) is 0.312.